The quantitative estimate of drug-likeness (QED) is 0.234. The molecule has 1 atom stereocenters. The Morgan fingerprint density at radius 3 is 2.26 bits per heavy atom. The number of nitrogens with zero attached hydrogens (tertiary/aromatic N) is 3. The lowest BCUT2D eigenvalue weighted by Gasteiger charge is -2.20. The zero-order valence-electron chi connectivity index (χ0n) is 21.6. The zero-order chi connectivity index (χ0) is 27.5. The number of likely N-dealkylation sites (N-methyl/N-ethyl adjacent to an activating group) is 1. The molecule has 7 nitrogen and oxygen atoms in total. The van der Waals surface area contributed by atoms with Gasteiger partial charge < -0.3 is 20.1 Å². The largest absolute Gasteiger partial charge is 0.481 e. The van der Waals surface area contributed by atoms with Gasteiger partial charge in [-0.3, -0.25) is 9.48 Å². The summed E-state index contributed by atoms with van der Waals surface area (Å²) in [6.07, 6.45) is 1.68. The van der Waals surface area contributed by atoms with Crippen LogP contribution in [0.15, 0.2) is 85.1 Å². The number of aryl methyl sites for hydroxylation is 1. The molecule has 0 spiro atoms. The number of hydrogen-bond donors (Lipinski definition) is 2. The molecule has 0 saturated carbocycles. The third-order valence-corrected chi connectivity index (χ3v) is 6.26. The first-order valence-corrected chi connectivity index (χ1v) is 12.8. The molecule has 0 aliphatic rings. The van der Waals surface area contributed by atoms with E-state index >= 15 is 0 Å². The molecule has 0 aliphatic carbocycles. The van der Waals surface area contributed by atoms with Gasteiger partial charge in [-0.05, 0) is 49.5 Å². The Morgan fingerprint density at radius 1 is 1.00 bits per heavy atom. The second kappa shape index (κ2) is 14.5. The fraction of sp³-hybridized carbons (Fsp3) is 0.241. The minimum Gasteiger partial charge on any atom is -0.481 e. The van der Waals surface area contributed by atoms with Gasteiger partial charge in [0, 0.05) is 25.5 Å². The third kappa shape index (κ3) is 8.60. The van der Waals surface area contributed by atoms with Crippen LogP contribution in [-0.2, 0) is 23.0 Å². The van der Waals surface area contributed by atoms with Crippen LogP contribution in [0.3, 0.4) is 0 Å². The van der Waals surface area contributed by atoms with Crippen molar-refractivity contribution < 1.29 is 14.6 Å². The van der Waals surface area contributed by atoms with Gasteiger partial charge in [0.25, 0.3) is 0 Å². The number of halogens is 2. The number of carbonyl (C=O) groups is 1. The molecule has 9 heteroatoms. The van der Waals surface area contributed by atoms with Crippen LogP contribution in [0.1, 0.15) is 22.9 Å². The number of nitrogens with one attached hydrogen (secondary N) is 1. The van der Waals surface area contributed by atoms with Crippen molar-refractivity contribution in [3.63, 3.8) is 0 Å². The van der Waals surface area contributed by atoms with Gasteiger partial charge in [-0.15, -0.1) is 0 Å². The SMILES string of the molecule is CN(C)CCO[C@@H](c1ccccc1)c1ccnn1C.O=C(O)Cc1ccccc1Nc1c(Cl)cccc1Cl. The number of para-hydroxylation sites is 2. The maximum Gasteiger partial charge on any atom is 0.307 e. The number of hydrogen-bond acceptors (Lipinski definition) is 5. The Bertz CT molecular complexity index is 1290. The summed E-state index contributed by atoms with van der Waals surface area (Å²) < 4.78 is 7.93. The van der Waals surface area contributed by atoms with Crippen molar-refractivity contribution in [1.29, 1.82) is 0 Å². The first-order chi connectivity index (χ1) is 18.3. The van der Waals surface area contributed by atoms with E-state index in [0.29, 0.717) is 33.6 Å². The highest BCUT2D eigenvalue weighted by molar-refractivity contribution is 6.39. The lowest BCUT2D eigenvalue weighted by atomic mass is 10.1. The Hall–Kier alpha value is -3.36. The van der Waals surface area contributed by atoms with E-state index in [0.717, 1.165) is 17.8 Å². The average molecular weight is 556 g/mol. The molecule has 0 fully saturated rings. The summed E-state index contributed by atoms with van der Waals surface area (Å²) in [6, 6.07) is 24.6. The molecule has 1 heterocycles. The summed E-state index contributed by atoms with van der Waals surface area (Å²) in [7, 11) is 6.04. The summed E-state index contributed by atoms with van der Waals surface area (Å²) in [5.74, 6) is -0.889. The van der Waals surface area contributed by atoms with Crippen LogP contribution in [0, 0.1) is 0 Å². The molecule has 0 saturated heterocycles. The smallest absolute Gasteiger partial charge is 0.307 e. The average Bonchev–Trinajstić information content (AvgIpc) is 3.31. The van der Waals surface area contributed by atoms with Gasteiger partial charge in [0.2, 0.25) is 0 Å². The Labute approximate surface area is 233 Å². The second-order valence-electron chi connectivity index (χ2n) is 8.79. The summed E-state index contributed by atoms with van der Waals surface area (Å²) in [4.78, 5) is 12.9. The van der Waals surface area contributed by atoms with Crippen LogP contribution >= 0.6 is 23.2 Å². The van der Waals surface area contributed by atoms with E-state index in [2.05, 4.69) is 27.4 Å². The number of aromatic nitrogens is 2. The third-order valence-electron chi connectivity index (χ3n) is 5.63. The summed E-state index contributed by atoms with van der Waals surface area (Å²) >= 11 is 12.1. The van der Waals surface area contributed by atoms with E-state index in [-0.39, 0.29) is 12.5 Å². The first-order valence-electron chi connectivity index (χ1n) is 12.1. The Morgan fingerprint density at radius 2 is 1.66 bits per heavy atom. The number of carboxylic acids is 1. The molecular weight excluding hydrogens is 523 g/mol. The molecule has 0 aliphatic heterocycles. The van der Waals surface area contributed by atoms with E-state index < -0.39 is 5.97 Å². The topological polar surface area (TPSA) is 79.6 Å². The standard InChI is InChI=1S/C15H21N3O.C14H11Cl2NO2/c1-17(2)11-12-19-15(13-7-5-4-6-8-13)14-9-10-16-18(14)3;15-10-5-3-6-11(16)14(10)17-12-7-2-1-4-9(12)8-13(18)19/h4-10,15H,11-12H2,1-3H3;1-7,17H,8H2,(H,18,19)/t15-;/m0./s1. The molecule has 0 bridgehead atoms. The minimum atomic E-state index is -0.889. The van der Waals surface area contributed by atoms with Crippen LogP contribution in [0.25, 0.3) is 0 Å². The highest BCUT2D eigenvalue weighted by Crippen LogP contribution is 2.33. The van der Waals surface area contributed by atoms with Crippen molar-refractivity contribution in [2.75, 3.05) is 32.6 Å². The van der Waals surface area contributed by atoms with Crippen LogP contribution in [0.5, 0.6) is 0 Å². The van der Waals surface area contributed by atoms with Crippen LogP contribution in [0.2, 0.25) is 10.0 Å². The van der Waals surface area contributed by atoms with Gasteiger partial charge in [0.05, 0.1) is 34.5 Å². The number of rotatable bonds is 10. The highest BCUT2D eigenvalue weighted by Gasteiger charge is 2.17. The van der Waals surface area contributed by atoms with E-state index in [4.69, 9.17) is 33.0 Å². The van der Waals surface area contributed by atoms with E-state index in [1.54, 1.807) is 42.6 Å². The maximum atomic E-state index is 10.8. The first kappa shape index (κ1) is 29.2. The summed E-state index contributed by atoms with van der Waals surface area (Å²) in [5.41, 5.74) is 4.16. The Balaban J connectivity index is 0.000000211. The van der Waals surface area contributed by atoms with Crippen LogP contribution in [-0.4, -0.2) is 53.0 Å². The minimum absolute atomic E-state index is 0.0614. The number of ether oxygens (including phenoxy) is 1. The lowest BCUT2D eigenvalue weighted by Crippen LogP contribution is -2.20. The molecule has 0 amide bonds. The van der Waals surface area contributed by atoms with E-state index in [1.807, 2.05) is 56.2 Å². The Kier molecular flexibility index (Phi) is 11.2. The molecule has 1 aromatic heterocycles. The van der Waals surface area contributed by atoms with Crippen molar-refractivity contribution in [1.82, 2.24) is 14.7 Å². The normalized spacial score (nSPS) is 11.5. The number of aliphatic carboxylic acids is 1. The fourth-order valence-electron chi connectivity index (χ4n) is 3.69. The van der Waals surface area contributed by atoms with E-state index in [9.17, 15) is 4.79 Å². The predicted molar refractivity (Wildman–Crippen MR) is 154 cm³/mol. The maximum absolute atomic E-state index is 10.8. The van der Waals surface area contributed by atoms with Gasteiger partial charge in [0.15, 0.2) is 0 Å². The number of carboxylic acid groups (broad SMARTS) is 1. The monoisotopic (exact) mass is 554 g/mol. The van der Waals surface area contributed by atoms with Crippen molar-refractivity contribution in [3.05, 3.63) is 112 Å². The molecule has 200 valence electrons. The van der Waals surface area contributed by atoms with Gasteiger partial charge in [0.1, 0.15) is 6.10 Å². The fourth-order valence-corrected chi connectivity index (χ4v) is 4.18. The molecule has 3 aromatic carbocycles. The molecule has 4 rings (SSSR count). The van der Waals surface area contributed by atoms with Crippen molar-refractivity contribution in [3.8, 4) is 0 Å². The molecule has 4 aromatic rings. The van der Waals surface area contributed by atoms with Gasteiger partial charge in [-0.1, -0.05) is 77.8 Å². The van der Waals surface area contributed by atoms with Crippen LogP contribution in [0.4, 0.5) is 11.4 Å². The zero-order valence-corrected chi connectivity index (χ0v) is 23.2. The molecule has 38 heavy (non-hydrogen) atoms. The van der Waals surface area contributed by atoms with Crippen molar-refractivity contribution in [2.24, 2.45) is 7.05 Å². The van der Waals surface area contributed by atoms with Crippen molar-refractivity contribution in [2.45, 2.75) is 12.5 Å². The van der Waals surface area contributed by atoms with E-state index in [1.165, 1.54) is 0 Å². The molecule has 2 N–H and O–H groups in total. The van der Waals surface area contributed by atoms with Crippen molar-refractivity contribution >= 4 is 40.5 Å². The summed E-state index contributed by atoms with van der Waals surface area (Å²) in [6.45, 7) is 1.60. The second-order valence-corrected chi connectivity index (χ2v) is 9.61. The number of anilines is 2. The molecular formula is C29H32Cl2N4O3. The van der Waals surface area contributed by atoms with Gasteiger partial charge in [-0.25, -0.2) is 0 Å². The predicted octanol–water partition coefficient (Wildman–Crippen LogP) is 6.45. The lowest BCUT2D eigenvalue weighted by molar-refractivity contribution is -0.136. The van der Waals surface area contributed by atoms with Gasteiger partial charge in [-0.2, -0.15) is 5.10 Å². The number of benzene rings is 3. The molecule has 0 unspecified atom stereocenters. The van der Waals surface area contributed by atoms with Gasteiger partial charge >= 0.3 is 5.97 Å². The molecule has 0 radical (unpaired) electrons. The summed E-state index contributed by atoms with van der Waals surface area (Å²) in [5, 5.41) is 17.2. The van der Waals surface area contributed by atoms with Crippen LogP contribution < -0.4 is 5.32 Å². The highest BCUT2D eigenvalue weighted by atomic mass is 35.5.